The summed E-state index contributed by atoms with van der Waals surface area (Å²) in [5, 5.41) is 12.2. The number of hydrogen-bond donors (Lipinski definition) is 1. The Bertz CT molecular complexity index is 1460. The molecule has 0 fully saturated rings. The quantitative estimate of drug-likeness (QED) is 0.192. The van der Waals surface area contributed by atoms with Crippen molar-refractivity contribution in [3.05, 3.63) is 125 Å². The Labute approximate surface area is 222 Å². The van der Waals surface area contributed by atoms with E-state index >= 15 is 0 Å². The van der Waals surface area contributed by atoms with Crippen molar-refractivity contribution in [3.63, 3.8) is 0 Å². The molecule has 0 spiro atoms. The molecule has 190 valence electrons. The van der Waals surface area contributed by atoms with Gasteiger partial charge in [0.1, 0.15) is 30.6 Å². The Morgan fingerprint density at radius 3 is 2.32 bits per heavy atom. The van der Waals surface area contributed by atoms with Gasteiger partial charge < -0.3 is 19.5 Å². The topological polar surface area (TPSA) is 80.6 Å². The van der Waals surface area contributed by atoms with Crippen molar-refractivity contribution < 1.29 is 19.0 Å². The molecule has 1 N–H and O–H groups in total. The predicted molar refractivity (Wildman–Crippen MR) is 148 cm³/mol. The number of rotatable bonds is 10. The molecule has 6 heteroatoms. The minimum absolute atomic E-state index is 0.0156. The van der Waals surface area contributed by atoms with Crippen LogP contribution >= 0.6 is 0 Å². The third-order valence-corrected chi connectivity index (χ3v) is 5.70. The SMILES string of the molecule is COc1cc(COc2ccc(/C=C(\C#N)C(=O)Nc3cccc(C)c3)cc2)ccc1OCc1ccccc1. The van der Waals surface area contributed by atoms with E-state index in [1.54, 1.807) is 43.5 Å². The third-order valence-electron chi connectivity index (χ3n) is 5.70. The number of nitriles is 1. The molecular weight excluding hydrogens is 476 g/mol. The van der Waals surface area contributed by atoms with Crippen LogP contribution in [0.25, 0.3) is 6.08 Å². The molecule has 0 aromatic heterocycles. The van der Waals surface area contributed by atoms with Gasteiger partial charge in [0.15, 0.2) is 11.5 Å². The third kappa shape index (κ3) is 7.25. The highest BCUT2D eigenvalue weighted by Crippen LogP contribution is 2.29. The Morgan fingerprint density at radius 1 is 0.842 bits per heavy atom. The molecule has 0 saturated carbocycles. The molecule has 0 radical (unpaired) electrons. The molecule has 6 nitrogen and oxygen atoms in total. The average Bonchev–Trinajstić information content (AvgIpc) is 2.95. The highest BCUT2D eigenvalue weighted by molar-refractivity contribution is 6.09. The van der Waals surface area contributed by atoms with E-state index in [9.17, 15) is 10.1 Å². The van der Waals surface area contributed by atoms with Crippen molar-refractivity contribution in [1.29, 1.82) is 5.26 Å². The summed E-state index contributed by atoms with van der Waals surface area (Å²) in [6.07, 6.45) is 1.55. The van der Waals surface area contributed by atoms with Gasteiger partial charge in [-0.2, -0.15) is 5.26 Å². The smallest absolute Gasteiger partial charge is 0.266 e. The maximum atomic E-state index is 12.5. The Hall–Kier alpha value is -5.02. The van der Waals surface area contributed by atoms with Crippen molar-refractivity contribution in [2.24, 2.45) is 0 Å². The van der Waals surface area contributed by atoms with E-state index < -0.39 is 5.91 Å². The van der Waals surface area contributed by atoms with Crippen LogP contribution in [0.2, 0.25) is 0 Å². The van der Waals surface area contributed by atoms with Crippen molar-refractivity contribution >= 4 is 17.7 Å². The second kappa shape index (κ2) is 12.8. The summed E-state index contributed by atoms with van der Waals surface area (Å²) < 4.78 is 17.3. The van der Waals surface area contributed by atoms with Gasteiger partial charge in [0.2, 0.25) is 0 Å². The van der Waals surface area contributed by atoms with Crippen molar-refractivity contribution in [1.82, 2.24) is 0 Å². The van der Waals surface area contributed by atoms with Crippen molar-refractivity contribution in [2.75, 3.05) is 12.4 Å². The van der Waals surface area contributed by atoms with Crippen LogP contribution in [0.5, 0.6) is 17.2 Å². The number of aryl methyl sites for hydroxylation is 1. The first-order valence-corrected chi connectivity index (χ1v) is 12.1. The molecule has 4 aromatic rings. The summed E-state index contributed by atoms with van der Waals surface area (Å²) in [7, 11) is 1.61. The summed E-state index contributed by atoms with van der Waals surface area (Å²) in [6.45, 7) is 2.73. The summed E-state index contributed by atoms with van der Waals surface area (Å²) in [5.41, 5.74) is 4.40. The van der Waals surface area contributed by atoms with Crippen LogP contribution in [0.1, 0.15) is 22.3 Å². The number of carbonyl (C=O) groups is 1. The van der Waals surface area contributed by atoms with E-state index in [1.165, 1.54) is 0 Å². The minimum atomic E-state index is -0.455. The first-order valence-electron chi connectivity index (χ1n) is 12.1. The van der Waals surface area contributed by atoms with Crippen LogP contribution in [-0.2, 0) is 18.0 Å². The predicted octanol–water partition coefficient (Wildman–Crippen LogP) is 6.71. The van der Waals surface area contributed by atoms with Gasteiger partial charge in [-0.15, -0.1) is 0 Å². The van der Waals surface area contributed by atoms with Gasteiger partial charge in [0.25, 0.3) is 5.91 Å². The van der Waals surface area contributed by atoms with Crippen LogP contribution in [0.4, 0.5) is 5.69 Å². The lowest BCUT2D eigenvalue weighted by Gasteiger charge is -2.13. The Morgan fingerprint density at radius 2 is 1.61 bits per heavy atom. The zero-order valence-corrected chi connectivity index (χ0v) is 21.3. The average molecular weight is 505 g/mol. The number of nitrogens with zero attached hydrogens (tertiary/aromatic N) is 1. The first-order chi connectivity index (χ1) is 18.5. The monoisotopic (exact) mass is 504 g/mol. The van der Waals surface area contributed by atoms with Gasteiger partial charge in [-0.25, -0.2) is 0 Å². The second-order valence-electron chi connectivity index (χ2n) is 8.61. The van der Waals surface area contributed by atoms with Crippen LogP contribution < -0.4 is 19.5 Å². The number of nitrogens with one attached hydrogen (secondary N) is 1. The normalized spacial score (nSPS) is 10.8. The number of carbonyl (C=O) groups excluding carboxylic acids is 1. The number of methoxy groups -OCH3 is 1. The molecule has 0 aliphatic heterocycles. The maximum absolute atomic E-state index is 12.5. The maximum Gasteiger partial charge on any atom is 0.266 e. The number of benzene rings is 4. The van der Waals surface area contributed by atoms with Crippen LogP contribution in [0, 0.1) is 18.3 Å². The highest BCUT2D eigenvalue weighted by atomic mass is 16.5. The molecule has 0 bridgehead atoms. The van der Waals surface area contributed by atoms with Crippen molar-refractivity contribution in [3.8, 4) is 23.3 Å². The van der Waals surface area contributed by atoms with Gasteiger partial charge >= 0.3 is 0 Å². The first kappa shape index (κ1) is 26.1. The molecule has 0 atom stereocenters. The number of amides is 1. The van der Waals surface area contributed by atoms with Gasteiger partial charge in [-0.3, -0.25) is 4.79 Å². The molecule has 4 aromatic carbocycles. The fraction of sp³-hybridized carbons (Fsp3) is 0.125. The second-order valence-corrected chi connectivity index (χ2v) is 8.61. The van der Waals surface area contributed by atoms with E-state index in [4.69, 9.17) is 14.2 Å². The zero-order chi connectivity index (χ0) is 26.7. The fourth-order valence-electron chi connectivity index (χ4n) is 3.72. The lowest BCUT2D eigenvalue weighted by molar-refractivity contribution is -0.112. The van der Waals surface area contributed by atoms with E-state index in [2.05, 4.69) is 5.32 Å². The van der Waals surface area contributed by atoms with E-state index in [0.29, 0.717) is 36.1 Å². The van der Waals surface area contributed by atoms with Crippen LogP contribution in [0.3, 0.4) is 0 Å². The van der Waals surface area contributed by atoms with E-state index in [0.717, 1.165) is 22.3 Å². The fourth-order valence-corrected chi connectivity index (χ4v) is 3.72. The van der Waals surface area contributed by atoms with Gasteiger partial charge in [-0.05, 0) is 71.7 Å². The van der Waals surface area contributed by atoms with E-state index in [-0.39, 0.29) is 5.57 Å². The van der Waals surface area contributed by atoms with Gasteiger partial charge in [0.05, 0.1) is 7.11 Å². The number of ether oxygens (including phenoxy) is 3. The molecule has 0 saturated heterocycles. The molecule has 0 heterocycles. The molecule has 0 aliphatic rings. The van der Waals surface area contributed by atoms with Crippen LogP contribution in [0.15, 0.2) is 103 Å². The molecule has 4 rings (SSSR count). The minimum Gasteiger partial charge on any atom is -0.493 e. The van der Waals surface area contributed by atoms with E-state index in [1.807, 2.05) is 79.7 Å². The lowest BCUT2D eigenvalue weighted by atomic mass is 10.1. The van der Waals surface area contributed by atoms with Crippen molar-refractivity contribution in [2.45, 2.75) is 20.1 Å². The van der Waals surface area contributed by atoms with Gasteiger partial charge in [-0.1, -0.05) is 60.7 Å². The molecular formula is C32H28N2O4. The molecule has 38 heavy (non-hydrogen) atoms. The number of anilines is 1. The van der Waals surface area contributed by atoms with Crippen LogP contribution in [-0.4, -0.2) is 13.0 Å². The highest BCUT2D eigenvalue weighted by Gasteiger charge is 2.10. The Balaban J connectivity index is 1.35. The molecule has 0 aliphatic carbocycles. The number of hydrogen-bond acceptors (Lipinski definition) is 5. The standard InChI is InChI=1S/C32H28N2O4/c1-23-7-6-10-28(17-23)34-32(35)27(20-33)18-24-11-14-29(15-12-24)37-22-26-13-16-30(31(19-26)36-2)38-21-25-8-4-3-5-9-25/h3-19H,21-22H2,1-2H3,(H,34,35)/b27-18+. The summed E-state index contributed by atoms with van der Waals surface area (Å²) in [5.74, 6) is 1.50. The molecule has 0 unspecified atom stereocenters. The summed E-state index contributed by atoms with van der Waals surface area (Å²) in [6, 6.07) is 32.2. The summed E-state index contributed by atoms with van der Waals surface area (Å²) >= 11 is 0. The molecule has 1 amide bonds. The largest absolute Gasteiger partial charge is 0.493 e. The Kier molecular flexibility index (Phi) is 8.77. The summed E-state index contributed by atoms with van der Waals surface area (Å²) in [4.78, 5) is 12.5. The zero-order valence-electron chi connectivity index (χ0n) is 21.3. The lowest BCUT2D eigenvalue weighted by Crippen LogP contribution is -2.13. The van der Waals surface area contributed by atoms with Gasteiger partial charge in [0, 0.05) is 5.69 Å².